The molecule has 0 unspecified atom stereocenters. The largest absolute Gasteiger partial charge is 0.322 e. The molecule has 2 N–H and O–H groups in total. The molecule has 112 valence electrons. The fraction of sp³-hybridized carbons (Fsp3) is 0.471. The molecular formula is C17H22ClN3. The van der Waals surface area contributed by atoms with E-state index in [0.29, 0.717) is 5.02 Å². The van der Waals surface area contributed by atoms with E-state index in [1.54, 1.807) is 0 Å². The summed E-state index contributed by atoms with van der Waals surface area (Å²) in [5.41, 5.74) is 10.6. The number of benzene rings is 1. The van der Waals surface area contributed by atoms with Crippen LogP contribution in [0.2, 0.25) is 5.02 Å². The first-order chi connectivity index (χ1) is 9.91. The van der Waals surface area contributed by atoms with Crippen molar-refractivity contribution >= 4 is 22.5 Å². The minimum atomic E-state index is -0.410. The van der Waals surface area contributed by atoms with E-state index in [0.717, 1.165) is 42.7 Å². The Morgan fingerprint density at radius 3 is 2.81 bits per heavy atom. The van der Waals surface area contributed by atoms with Gasteiger partial charge in [0, 0.05) is 36.1 Å². The molecule has 21 heavy (non-hydrogen) atoms. The number of hydrogen-bond donors (Lipinski definition) is 1. The second-order valence-corrected chi connectivity index (χ2v) is 6.80. The highest BCUT2D eigenvalue weighted by molar-refractivity contribution is 6.35. The minimum Gasteiger partial charge on any atom is -0.322 e. The number of aromatic nitrogens is 1. The van der Waals surface area contributed by atoms with E-state index in [-0.39, 0.29) is 0 Å². The number of nitrogens with zero attached hydrogens (tertiary/aromatic N) is 2. The average molecular weight is 304 g/mol. The van der Waals surface area contributed by atoms with Gasteiger partial charge in [0.2, 0.25) is 0 Å². The molecule has 2 heterocycles. The Hall–Kier alpha value is -1.16. The van der Waals surface area contributed by atoms with Crippen LogP contribution in [0.15, 0.2) is 18.2 Å². The molecule has 2 aromatic rings. The van der Waals surface area contributed by atoms with E-state index in [1.165, 1.54) is 11.1 Å². The van der Waals surface area contributed by atoms with Gasteiger partial charge < -0.3 is 5.73 Å². The number of pyridine rings is 1. The van der Waals surface area contributed by atoms with Crippen molar-refractivity contribution in [2.24, 2.45) is 5.73 Å². The summed E-state index contributed by atoms with van der Waals surface area (Å²) in [6.07, 6.45) is 0.966. The fourth-order valence-corrected chi connectivity index (χ4v) is 3.51. The highest BCUT2D eigenvalue weighted by Gasteiger charge is 2.28. The van der Waals surface area contributed by atoms with Gasteiger partial charge in [0.1, 0.15) is 0 Å². The Bertz CT molecular complexity index is 688. The van der Waals surface area contributed by atoms with Crippen LogP contribution in [-0.4, -0.2) is 23.0 Å². The van der Waals surface area contributed by atoms with Crippen LogP contribution in [0.3, 0.4) is 0 Å². The highest BCUT2D eigenvalue weighted by Crippen LogP contribution is 2.36. The van der Waals surface area contributed by atoms with Gasteiger partial charge in [0.15, 0.2) is 0 Å². The zero-order chi connectivity index (χ0) is 15.2. The smallest absolute Gasteiger partial charge is 0.0895 e. The van der Waals surface area contributed by atoms with Crippen LogP contribution < -0.4 is 5.73 Å². The summed E-state index contributed by atoms with van der Waals surface area (Å²) in [6, 6.07) is 5.97. The molecular weight excluding hydrogens is 282 g/mol. The van der Waals surface area contributed by atoms with Gasteiger partial charge in [-0.15, -0.1) is 0 Å². The van der Waals surface area contributed by atoms with Crippen LogP contribution in [0.25, 0.3) is 10.9 Å². The molecule has 0 spiro atoms. The van der Waals surface area contributed by atoms with Crippen LogP contribution in [0.4, 0.5) is 0 Å². The molecule has 0 aliphatic carbocycles. The summed E-state index contributed by atoms with van der Waals surface area (Å²) in [4.78, 5) is 7.28. The van der Waals surface area contributed by atoms with E-state index in [9.17, 15) is 0 Å². The molecule has 0 bridgehead atoms. The van der Waals surface area contributed by atoms with E-state index in [2.05, 4.69) is 31.7 Å². The third-order valence-electron chi connectivity index (χ3n) is 4.29. The molecule has 1 aromatic heterocycles. The second kappa shape index (κ2) is 5.24. The van der Waals surface area contributed by atoms with E-state index in [4.69, 9.17) is 22.3 Å². The first-order valence-corrected chi connectivity index (χ1v) is 7.91. The number of rotatable bonds is 2. The van der Waals surface area contributed by atoms with Gasteiger partial charge in [0.25, 0.3) is 0 Å². The third-order valence-corrected chi connectivity index (χ3v) is 4.60. The van der Waals surface area contributed by atoms with E-state index in [1.807, 2.05) is 12.1 Å². The minimum absolute atomic E-state index is 0.410. The lowest BCUT2D eigenvalue weighted by atomic mass is 9.85. The topological polar surface area (TPSA) is 42.2 Å². The van der Waals surface area contributed by atoms with Crippen LogP contribution in [0, 0.1) is 0 Å². The predicted octanol–water partition coefficient (Wildman–Crippen LogP) is 3.46. The quantitative estimate of drug-likeness (QED) is 0.924. The van der Waals surface area contributed by atoms with Gasteiger partial charge in [-0.25, -0.2) is 0 Å². The Balaban J connectivity index is 2.34. The maximum atomic E-state index is 6.49. The number of likely N-dealkylation sites (N-methyl/N-ethyl adjacent to an activating group) is 1. The predicted molar refractivity (Wildman–Crippen MR) is 88.6 cm³/mol. The van der Waals surface area contributed by atoms with Gasteiger partial charge >= 0.3 is 0 Å². The standard InChI is InChI=1S/C17H22ClN3/c1-4-21-9-8-14-12(10-21)15(17(2,3)19)11-6-5-7-13(18)16(11)20-14/h5-7H,4,8-10,19H2,1-3H3. The summed E-state index contributed by atoms with van der Waals surface area (Å²) in [7, 11) is 0. The molecule has 0 saturated carbocycles. The van der Waals surface area contributed by atoms with Gasteiger partial charge in [0.05, 0.1) is 10.5 Å². The van der Waals surface area contributed by atoms with Crippen LogP contribution in [0.1, 0.15) is 37.6 Å². The van der Waals surface area contributed by atoms with Crippen molar-refractivity contribution < 1.29 is 0 Å². The third kappa shape index (κ3) is 2.54. The monoisotopic (exact) mass is 303 g/mol. The average Bonchev–Trinajstić information content (AvgIpc) is 2.43. The molecule has 3 nitrogen and oxygen atoms in total. The number of para-hydroxylation sites is 1. The van der Waals surface area contributed by atoms with Crippen molar-refractivity contribution in [3.8, 4) is 0 Å². The van der Waals surface area contributed by atoms with Gasteiger partial charge in [-0.1, -0.05) is 30.7 Å². The zero-order valence-electron chi connectivity index (χ0n) is 12.9. The normalized spacial score (nSPS) is 16.2. The van der Waals surface area contributed by atoms with Crippen molar-refractivity contribution in [2.75, 3.05) is 13.1 Å². The van der Waals surface area contributed by atoms with E-state index >= 15 is 0 Å². The van der Waals surface area contributed by atoms with Gasteiger partial charge in [-0.3, -0.25) is 9.88 Å². The molecule has 4 heteroatoms. The Kier molecular flexibility index (Phi) is 3.68. The lowest BCUT2D eigenvalue weighted by Gasteiger charge is -2.33. The highest BCUT2D eigenvalue weighted by atomic mass is 35.5. The SMILES string of the molecule is CCN1CCc2nc3c(Cl)cccc3c(C(C)(C)N)c2C1. The first-order valence-electron chi connectivity index (χ1n) is 7.53. The molecule has 0 amide bonds. The molecule has 0 saturated heterocycles. The molecule has 1 aromatic carbocycles. The lowest BCUT2D eigenvalue weighted by Crippen LogP contribution is -2.36. The molecule has 3 rings (SSSR count). The van der Waals surface area contributed by atoms with Crippen LogP contribution in [-0.2, 0) is 18.5 Å². The van der Waals surface area contributed by atoms with E-state index < -0.39 is 5.54 Å². The summed E-state index contributed by atoms with van der Waals surface area (Å²) in [5, 5.41) is 1.80. The first kappa shape index (κ1) is 14.8. The molecule has 0 fully saturated rings. The summed E-state index contributed by atoms with van der Waals surface area (Å²) in [6.45, 7) is 9.36. The molecule has 1 aliphatic rings. The fourth-order valence-electron chi connectivity index (χ4n) is 3.29. The van der Waals surface area contributed by atoms with Gasteiger partial charge in [-0.05, 0) is 37.6 Å². The van der Waals surface area contributed by atoms with Crippen molar-refractivity contribution in [1.82, 2.24) is 9.88 Å². The van der Waals surface area contributed by atoms with Gasteiger partial charge in [-0.2, -0.15) is 0 Å². The Labute approximate surface area is 131 Å². The number of halogens is 1. The maximum Gasteiger partial charge on any atom is 0.0895 e. The Morgan fingerprint density at radius 1 is 1.38 bits per heavy atom. The van der Waals surface area contributed by atoms with Crippen molar-refractivity contribution in [3.05, 3.63) is 40.0 Å². The van der Waals surface area contributed by atoms with Crippen molar-refractivity contribution in [2.45, 2.75) is 39.3 Å². The maximum absolute atomic E-state index is 6.49. The number of hydrogen-bond acceptors (Lipinski definition) is 3. The number of nitrogens with two attached hydrogens (primary N) is 1. The summed E-state index contributed by atoms with van der Waals surface area (Å²) in [5.74, 6) is 0. The molecule has 0 atom stereocenters. The molecule has 0 radical (unpaired) electrons. The summed E-state index contributed by atoms with van der Waals surface area (Å²) < 4.78 is 0. The lowest BCUT2D eigenvalue weighted by molar-refractivity contribution is 0.263. The second-order valence-electron chi connectivity index (χ2n) is 6.39. The zero-order valence-corrected chi connectivity index (χ0v) is 13.7. The Morgan fingerprint density at radius 2 is 2.14 bits per heavy atom. The van der Waals surface area contributed by atoms with Crippen LogP contribution >= 0.6 is 11.6 Å². The van der Waals surface area contributed by atoms with Crippen molar-refractivity contribution in [3.63, 3.8) is 0 Å². The van der Waals surface area contributed by atoms with Crippen LogP contribution in [0.5, 0.6) is 0 Å². The van der Waals surface area contributed by atoms with Crippen molar-refractivity contribution in [1.29, 1.82) is 0 Å². The number of fused-ring (bicyclic) bond motifs is 2. The summed E-state index contributed by atoms with van der Waals surface area (Å²) >= 11 is 6.36. The molecule has 1 aliphatic heterocycles.